The summed E-state index contributed by atoms with van der Waals surface area (Å²) in [6.45, 7) is 2.12. The summed E-state index contributed by atoms with van der Waals surface area (Å²) in [7, 11) is 0. The van der Waals surface area contributed by atoms with E-state index in [2.05, 4.69) is 23.5 Å². The van der Waals surface area contributed by atoms with Crippen molar-refractivity contribution in [3.8, 4) is 0 Å². The second kappa shape index (κ2) is 10.4. The molecule has 0 saturated carbocycles. The van der Waals surface area contributed by atoms with E-state index >= 15 is 0 Å². The van der Waals surface area contributed by atoms with Crippen LogP contribution in [0.15, 0.2) is 65.8 Å². The Balaban J connectivity index is 1.93. The number of carbonyl (C=O) groups excluding carboxylic acids is 1. The van der Waals surface area contributed by atoms with Gasteiger partial charge in [0.1, 0.15) is 5.71 Å². The minimum absolute atomic E-state index is 0.0513. The molecular weight excluding hydrogens is 440 g/mol. The van der Waals surface area contributed by atoms with Crippen LogP contribution in [0.2, 0.25) is 5.02 Å². The molecule has 1 heterocycles. The molecule has 1 amide bonds. The molecule has 0 aliphatic carbocycles. The van der Waals surface area contributed by atoms with Crippen LogP contribution in [0.1, 0.15) is 43.0 Å². The maximum Gasteiger partial charge on any atom is 0.336 e. The van der Waals surface area contributed by atoms with E-state index in [4.69, 9.17) is 11.6 Å². The van der Waals surface area contributed by atoms with Gasteiger partial charge in [0.05, 0.1) is 16.0 Å². The average Bonchev–Trinajstić information content (AvgIpc) is 3.22. The summed E-state index contributed by atoms with van der Waals surface area (Å²) in [6.07, 6.45) is 0. The Bertz CT molecular complexity index is 1080. The smallest absolute Gasteiger partial charge is 0.336 e. The number of rotatable bonds is 8. The molecule has 0 unspecified atom stereocenters. The number of hydrazone groups is 1. The van der Waals surface area contributed by atoms with Crippen molar-refractivity contribution in [3.63, 3.8) is 0 Å². The van der Waals surface area contributed by atoms with Gasteiger partial charge in [0.25, 0.3) is 5.91 Å². The van der Waals surface area contributed by atoms with Crippen molar-refractivity contribution in [1.82, 2.24) is 5.43 Å². The van der Waals surface area contributed by atoms with Gasteiger partial charge in [-0.2, -0.15) is 16.9 Å². The number of carboxylic acids is 1. The van der Waals surface area contributed by atoms with Gasteiger partial charge in [-0.3, -0.25) is 4.79 Å². The Morgan fingerprint density at radius 3 is 2.43 bits per heavy atom. The number of nitrogens with zero attached hydrogens (tertiary/aromatic N) is 1. The van der Waals surface area contributed by atoms with Gasteiger partial charge >= 0.3 is 5.97 Å². The maximum atomic E-state index is 12.6. The van der Waals surface area contributed by atoms with Crippen LogP contribution in [-0.2, 0) is 5.75 Å². The summed E-state index contributed by atoms with van der Waals surface area (Å²) in [5.41, 5.74) is 3.87. The van der Waals surface area contributed by atoms with Crippen LogP contribution < -0.4 is 5.43 Å². The van der Waals surface area contributed by atoms with Crippen LogP contribution in [0, 0.1) is 0 Å². The molecule has 8 heteroatoms. The molecule has 5 nitrogen and oxygen atoms in total. The van der Waals surface area contributed by atoms with Crippen molar-refractivity contribution >= 4 is 52.3 Å². The zero-order chi connectivity index (χ0) is 21.5. The highest BCUT2D eigenvalue weighted by Gasteiger charge is 2.17. The largest absolute Gasteiger partial charge is 0.478 e. The first-order valence-electron chi connectivity index (χ1n) is 9.12. The fraction of sp³-hybridized carbons (Fsp3) is 0.136. The third kappa shape index (κ3) is 5.50. The van der Waals surface area contributed by atoms with Gasteiger partial charge in [-0.15, -0.1) is 11.3 Å². The molecule has 2 aromatic carbocycles. The van der Waals surface area contributed by atoms with E-state index in [0.29, 0.717) is 10.7 Å². The molecule has 0 aliphatic heterocycles. The quantitative estimate of drug-likeness (QED) is 0.343. The lowest BCUT2D eigenvalue weighted by atomic mass is 10.1. The standard InChI is InChI=1S/C22H19ClN2O3S2/c1-2-29-13-16-11-12-19(30-16)20(14-7-9-15(23)10-8-14)24-25-21(26)17-5-3-4-6-18(17)22(27)28/h3-12H,2,13H2,1H3,(H,25,26)(H,27,28). The van der Waals surface area contributed by atoms with Crippen LogP contribution in [-0.4, -0.2) is 28.4 Å². The maximum absolute atomic E-state index is 12.6. The summed E-state index contributed by atoms with van der Waals surface area (Å²) >= 11 is 9.45. The highest BCUT2D eigenvalue weighted by molar-refractivity contribution is 7.98. The SMILES string of the molecule is CCSCc1ccc(C(=NNC(=O)c2ccccc2C(=O)O)c2ccc(Cl)cc2)s1. The number of hydrogen-bond acceptors (Lipinski definition) is 5. The molecule has 0 aliphatic rings. The minimum atomic E-state index is -1.17. The van der Waals surface area contributed by atoms with Crippen LogP contribution in [0.3, 0.4) is 0 Å². The molecular formula is C22H19ClN2O3S2. The highest BCUT2D eigenvalue weighted by atomic mass is 35.5. The summed E-state index contributed by atoms with van der Waals surface area (Å²) in [5, 5.41) is 14.3. The molecule has 2 N–H and O–H groups in total. The lowest BCUT2D eigenvalue weighted by molar-refractivity contribution is 0.0691. The summed E-state index contributed by atoms with van der Waals surface area (Å²) in [4.78, 5) is 26.1. The lowest BCUT2D eigenvalue weighted by Gasteiger charge is -2.08. The number of aromatic carboxylic acids is 1. The van der Waals surface area contributed by atoms with E-state index in [9.17, 15) is 14.7 Å². The number of carbonyl (C=O) groups is 2. The number of hydrogen-bond donors (Lipinski definition) is 2. The number of halogens is 1. The molecule has 0 fully saturated rings. The molecule has 3 rings (SSSR count). The molecule has 154 valence electrons. The number of amides is 1. The van der Waals surface area contributed by atoms with Gasteiger partial charge in [0, 0.05) is 21.2 Å². The molecule has 0 bridgehead atoms. The highest BCUT2D eigenvalue weighted by Crippen LogP contribution is 2.25. The van der Waals surface area contributed by atoms with E-state index in [1.165, 1.54) is 17.0 Å². The monoisotopic (exact) mass is 458 g/mol. The second-order valence-electron chi connectivity index (χ2n) is 6.16. The molecule has 3 aromatic rings. The average molecular weight is 459 g/mol. The van der Waals surface area contributed by atoms with Gasteiger partial charge in [0.2, 0.25) is 0 Å². The Labute approximate surface area is 187 Å². The molecule has 30 heavy (non-hydrogen) atoms. The summed E-state index contributed by atoms with van der Waals surface area (Å²) in [5.74, 6) is 0.189. The van der Waals surface area contributed by atoms with Crippen LogP contribution >= 0.6 is 34.7 Å². The topological polar surface area (TPSA) is 78.8 Å². The Hall–Kier alpha value is -2.61. The van der Waals surface area contributed by atoms with Crippen LogP contribution in [0.25, 0.3) is 0 Å². The summed E-state index contributed by atoms with van der Waals surface area (Å²) in [6, 6.07) is 17.2. The second-order valence-corrected chi connectivity index (χ2v) is 9.04. The van der Waals surface area contributed by atoms with Crippen LogP contribution in [0.5, 0.6) is 0 Å². The Morgan fingerprint density at radius 2 is 1.77 bits per heavy atom. The van der Waals surface area contributed by atoms with Crippen molar-refractivity contribution in [1.29, 1.82) is 0 Å². The minimum Gasteiger partial charge on any atom is -0.478 e. The van der Waals surface area contributed by atoms with E-state index in [0.717, 1.165) is 21.9 Å². The van der Waals surface area contributed by atoms with Crippen molar-refractivity contribution in [2.24, 2.45) is 5.10 Å². The first kappa shape index (κ1) is 22.1. The van der Waals surface area contributed by atoms with Gasteiger partial charge in [-0.05, 0) is 42.2 Å². The molecule has 1 aromatic heterocycles. The van der Waals surface area contributed by atoms with Gasteiger partial charge < -0.3 is 5.11 Å². The molecule has 0 atom stereocenters. The van der Waals surface area contributed by atoms with E-state index < -0.39 is 11.9 Å². The third-order valence-electron chi connectivity index (χ3n) is 4.13. The number of benzene rings is 2. The number of thiophene rings is 1. The zero-order valence-electron chi connectivity index (χ0n) is 16.1. The van der Waals surface area contributed by atoms with Gasteiger partial charge in [0.15, 0.2) is 0 Å². The van der Waals surface area contributed by atoms with Crippen molar-refractivity contribution in [3.05, 3.63) is 92.1 Å². The predicted molar refractivity (Wildman–Crippen MR) is 124 cm³/mol. The number of nitrogens with one attached hydrogen (secondary N) is 1. The lowest BCUT2D eigenvalue weighted by Crippen LogP contribution is -2.22. The Kier molecular flexibility index (Phi) is 7.68. The van der Waals surface area contributed by atoms with Crippen molar-refractivity contribution in [2.75, 3.05) is 5.75 Å². The van der Waals surface area contributed by atoms with Gasteiger partial charge in [-0.1, -0.05) is 42.8 Å². The first-order chi connectivity index (χ1) is 14.5. The van der Waals surface area contributed by atoms with E-state index in [-0.39, 0.29) is 11.1 Å². The predicted octanol–water partition coefficient (Wildman–Crippen LogP) is 5.54. The van der Waals surface area contributed by atoms with Crippen LogP contribution in [0.4, 0.5) is 0 Å². The molecule has 0 spiro atoms. The number of thioether (sulfide) groups is 1. The van der Waals surface area contributed by atoms with Crippen molar-refractivity contribution < 1.29 is 14.7 Å². The fourth-order valence-corrected chi connectivity index (χ4v) is 4.62. The van der Waals surface area contributed by atoms with E-state index in [1.54, 1.807) is 35.6 Å². The van der Waals surface area contributed by atoms with Gasteiger partial charge in [-0.25, -0.2) is 10.2 Å². The molecule has 0 saturated heterocycles. The third-order valence-corrected chi connectivity index (χ3v) is 6.58. The Morgan fingerprint density at radius 1 is 1.07 bits per heavy atom. The van der Waals surface area contributed by atoms with E-state index in [1.807, 2.05) is 30.0 Å². The first-order valence-corrected chi connectivity index (χ1v) is 11.5. The molecule has 0 radical (unpaired) electrons. The number of carboxylic acid groups (broad SMARTS) is 1. The zero-order valence-corrected chi connectivity index (χ0v) is 18.5. The van der Waals surface area contributed by atoms with Crippen molar-refractivity contribution in [2.45, 2.75) is 12.7 Å². The fourth-order valence-electron chi connectivity index (χ4n) is 2.69. The normalized spacial score (nSPS) is 11.3. The summed E-state index contributed by atoms with van der Waals surface area (Å²) < 4.78 is 0.